The number of nitrogens with one attached hydrogen (secondary N) is 1. The minimum Gasteiger partial charge on any atom is -0.330 e. The largest absolute Gasteiger partial charge is 0.416 e. The summed E-state index contributed by atoms with van der Waals surface area (Å²) in [6.07, 6.45) is -2.00. The third-order valence-corrected chi connectivity index (χ3v) is 6.16. The molecule has 1 aromatic heterocycles. The first kappa shape index (κ1) is 17.4. The molecule has 0 aliphatic heterocycles. The number of hydrogen-bond acceptors (Lipinski definition) is 6. The maximum atomic E-state index is 12.5. The summed E-state index contributed by atoms with van der Waals surface area (Å²) in [5.74, 6) is 1.06. The number of benzene rings is 1. The lowest BCUT2D eigenvalue weighted by molar-refractivity contribution is -0.137. The first-order chi connectivity index (χ1) is 10.5. The second-order valence-electron chi connectivity index (χ2n) is 4.33. The van der Waals surface area contributed by atoms with Crippen LogP contribution in [0.5, 0.6) is 0 Å². The van der Waals surface area contributed by atoms with E-state index in [1.807, 2.05) is 0 Å². The summed E-state index contributed by atoms with van der Waals surface area (Å²) in [6.45, 7) is 2.14. The number of halogens is 3. The molecule has 120 valence electrons. The topological polar surface area (TPSA) is 37.8 Å². The Kier molecular flexibility index (Phi) is 6.39. The summed E-state index contributed by atoms with van der Waals surface area (Å²) in [4.78, 5) is 0. The van der Waals surface area contributed by atoms with Crippen molar-refractivity contribution in [2.24, 2.45) is 0 Å². The van der Waals surface area contributed by atoms with Gasteiger partial charge in [-0.3, -0.25) is 0 Å². The van der Waals surface area contributed by atoms with Gasteiger partial charge in [-0.05, 0) is 41.5 Å². The van der Waals surface area contributed by atoms with E-state index < -0.39 is 11.7 Å². The summed E-state index contributed by atoms with van der Waals surface area (Å²) in [7, 11) is 3.30. The van der Waals surface area contributed by atoms with Crippen molar-refractivity contribution in [2.75, 3.05) is 11.1 Å². The van der Waals surface area contributed by atoms with E-state index in [9.17, 15) is 13.2 Å². The van der Waals surface area contributed by atoms with E-state index in [4.69, 9.17) is 0 Å². The van der Waals surface area contributed by atoms with E-state index in [-0.39, 0.29) is 0 Å². The van der Waals surface area contributed by atoms with Gasteiger partial charge >= 0.3 is 6.18 Å². The van der Waals surface area contributed by atoms with E-state index >= 15 is 0 Å². The zero-order valence-corrected chi connectivity index (χ0v) is 14.1. The smallest absolute Gasteiger partial charge is 0.330 e. The van der Waals surface area contributed by atoms with Crippen LogP contribution < -0.4 is 5.32 Å². The van der Waals surface area contributed by atoms with Crippen LogP contribution >= 0.6 is 32.9 Å². The van der Waals surface area contributed by atoms with E-state index in [1.54, 1.807) is 21.6 Å². The van der Waals surface area contributed by atoms with Crippen LogP contribution in [0.1, 0.15) is 25.3 Å². The Bertz CT molecular complexity index is 584. The van der Waals surface area contributed by atoms with Crippen molar-refractivity contribution < 1.29 is 13.2 Å². The molecule has 0 bridgehead atoms. The SMILES string of the molecule is CCCCSSc1nnc(Nc2ccc(C(F)(F)F)cc2)s1. The molecule has 22 heavy (non-hydrogen) atoms. The Labute approximate surface area is 138 Å². The molecule has 0 fully saturated rings. The highest BCUT2D eigenvalue weighted by molar-refractivity contribution is 8.77. The molecule has 0 unspecified atom stereocenters. The standard InChI is InChI=1S/C13H14F3N3S3/c1-2-3-8-20-22-12-19-18-11(21-12)17-10-6-4-9(5-7-10)13(14,15)16/h4-7H,2-3,8H2,1H3,(H,17,18). The second-order valence-corrected chi connectivity index (χ2v) is 7.97. The van der Waals surface area contributed by atoms with Gasteiger partial charge in [0.05, 0.1) is 5.56 Å². The first-order valence-electron chi connectivity index (χ1n) is 6.56. The predicted octanol–water partition coefficient (Wildman–Crippen LogP) is 5.84. The molecule has 0 spiro atoms. The Morgan fingerprint density at radius 2 is 1.91 bits per heavy atom. The van der Waals surface area contributed by atoms with Gasteiger partial charge < -0.3 is 5.32 Å². The van der Waals surface area contributed by atoms with Gasteiger partial charge in [-0.15, -0.1) is 10.2 Å². The van der Waals surface area contributed by atoms with E-state index in [1.165, 1.54) is 23.5 Å². The van der Waals surface area contributed by atoms with Crippen LogP contribution in [-0.4, -0.2) is 16.0 Å². The number of hydrogen-bond donors (Lipinski definition) is 1. The Morgan fingerprint density at radius 1 is 1.18 bits per heavy atom. The fraction of sp³-hybridized carbons (Fsp3) is 0.385. The van der Waals surface area contributed by atoms with Gasteiger partial charge in [0, 0.05) is 11.4 Å². The molecule has 0 aliphatic rings. The molecule has 0 atom stereocenters. The van der Waals surface area contributed by atoms with Crippen molar-refractivity contribution >= 4 is 43.7 Å². The van der Waals surface area contributed by atoms with Gasteiger partial charge in [-0.25, -0.2) is 0 Å². The van der Waals surface area contributed by atoms with Crippen molar-refractivity contribution in [1.82, 2.24) is 10.2 Å². The zero-order valence-electron chi connectivity index (χ0n) is 11.7. The number of unbranched alkanes of at least 4 members (excludes halogenated alkanes) is 1. The van der Waals surface area contributed by atoms with Crippen LogP contribution in [0.3, 0.4) is 0 Å². The lowest BCUT2D eigenvalue weighted by atomic mass is 10.2. The first-order valence-corrected chi connectivity index (χ1v) is 9.70. The quantitative estimate of drug-likeness (QED) is 0.493. The highest BCUT2D eigenvalue weighted by atomic mass is 33.1. The fourth-order valence-corrected chi connectivity index (χ4v) is 4.74. The van der Waals surface area contributed by atoms with Crippen molar-refractivity contribution in [2.45, 2.75) is 30.3 Å². The van der Waals surface area contributed by atoms with Crippen LogP contribution in [0.25, 0.3) is 0 Å². The van der Waals surface area contributed by atoms with Crippen LogP contribution in [-0.2, 0) is 6.18 Å². The molecule has 1 N–H and O–H groups in total. The van der Waals surface area contributed by atoms with Gasteiger partial charge in [0.15, 0.2) is 4.34 Å². The monoisotopic (exact) mass is 365 g/mol. The van der Waals surface area contributed by atoms with Crippen molar-refractivity contribution in [1.29, 1.82) is 0 Å². The molecule has 1 aromatic carbocycles. The lowest BCUT2D eigenvalue weighted by Gasteiger charge is -2.07. The highest BCUT2D eigenvalue weighted by Gasteiger charge is 2.29. The molecule has 9 heteroatoms. The van der Waals surface area contributed by atoms with E-state index in [2.05, 4.69) is 22.4 Å². The van der Waals surface area contributed by atoms with Crippen molar-refractivity contribution in [3.05, 3.63) is 29.8 Å². The predicted molar refractivity (Wildman–Crippen MR) is 87.9 cm³/mol. The molecule has 0 saturated heterocycles. The van der Waals surface area contributed by atoms with Crippen molar-refractivity contribution in [3.8, 4) is 0 Å². The average molecular weight is 365 g/mol. The second kappa shape index (κ2) is 8.07. The minimum atomic E-state index is -4.32. The number of nitrogens with zero attached hydrogens (tertiary/aromatic N) is 2. The van der Waals surface area contributed by atoms with Gasteiger partial charge in [0.1, 0.15) is 0 Å². The number of alkyl halides is 3. The minimum absolute atomic E-state index is 0.555. The zero-order chi connectivity index (χ0) is 16.0. The van der Waals surface area contributed by atoms with Crippen LogP contribution in [0.2, 0.25) is 0 Å². The molecular weight excluding hydrogens is 351 g/mol. The molecule has 1 heterocycles. The highest BCUT2D eigenvalue weighted by Crippen LogP contribution is 2.36. The summed E-state index contributed by atoms with van der Waals surface area (Å²) in [5, 5.41) is 11.5. The lowest BCUT2D eigenvalue weighted by Crippen LogP contribution is -2.04. The Morgan fingerprint density at radius 3 is 2.55 bits per heavy atom. The summed E-state index contributed by atoms with van der Waals surface area (Å²) >= 11 is 1.38. The molecular formula is C13H14F3N3S3. The summed E-state index contributed by atoms with van der Waals surface area (Å²) in [6, 6.07) is 4.85. The maximum absolute atomic E-state index is 12.5. The number of rotatable bonds is 7. The molecule has 3 nitrogen and oxygen atoms in total. The molecule has 2 aromatic rings. The van der Waals surface area contributed by atoms with E-state index in [0.29, 0.717) is 10.8 Å². The molecule has 2 rings (SSSR count). The third-order valence-electron chi connectivity index (χ3n) is 2.58. The maximum Gasteiger partial charge on any atom is 0.416 e. The molecule has 0 amide bonds. The fourth-order valence-electron chi connectivity index (χ4n) is 1.46. The Hall–Kier alpha value is -0.930. The summed E-state index contributed by atoms with van der Waals surface area (Å²) in [5.41, 5.74) is -0.113. The normalized spacial score (nSPS) is 11.6. The molecule has 0 radical (unpaired) electrons. The van der Waals surface area contributed by atoms with Gasteiger partial charge in [0.25, 0.3) is 0 Å². The number of anilines is 2. The average Bonchev–Trinajstić information content (AvgIpc) is 2.91. The summed E-state index contributed by atoms with van der Waals surface area (Å²) < 4.78 is 38.3. The van der Waals surface area contributed by atoms with Gasteiger partial charge in [-0.2, -0.15) is 13.2 Å². The van der Waals surface area contributed by atoms with Crippen LogP contribution in [0, 0.1) is 0 Å². The molecule has 0 saturated carbocycles. The van der Waals surface area contributed by atoms with Gasteiger partial charge in [0.2, 0.25) is 5.13 Å². The number of aromatic nitrogens is 2. The van der Waals surface area contributed by atoms with Crippen molar-refractivity contribution in [3.63, 3.8) is 0 Å². The van der Waals surface area contributed by atoms with Gasteiger partial charge in [-0.1, -0.05) is 35.5 Å². The Balaban J connectivity index is 1.90. The molecule has 0 aliphatic carbocycles. The van der Waals surface area contributed by atoms with Crippen LogP contribution in [0.15, 0.2) is 28.6 Å². The van der Waals surface area contributed by atoms with Crippen LogP contribution in [0.4, 0.5) is 24.0 Å². The third kappa shape index (κ3) is 5.36. The van der Waals surface area contributed by atoms with E-state index in [0.717, 1.165) is 35.1 Å².